The summed E-state index contributed by atoms with van der Waals surface area (Å²) >= 11 is 5.79. The van der Waals surface area contributed by atoms with E-state index in [2.05, 4.69) is 6.92 Å². The molecule has 1 aromatic carbocycles. The molecule has 0 heterocycles. The van der Waals surface area contributed by atoms with E-state index in [9.17, 15) is 4.79 Å². The van der Waals surface area contributed by atoms with Crippen LogP contribution in [0.25, 0.3) is 0 Å². The Balaban J connectivity index is 1.93. The van der Waals surface area contributed by atoms with E-state index in [0.29, 0.717) is 17.2 Å². The van der Waals surface area contributed by atoms with Gasteiger partial charge in [0.2, 0.25) is 0 Å². The van der Waals surface area contributed by atoms with Crippen molar-refractivity contribution in [1.82, 2.24) is 0 Å². The second-order valence-electron chi connectivity index (χ2n) is 5.82. The lowest BCUT2D eigenvalue weighted by Crippen LogP contribution is -2.06. The number of benzene rings is 1. The normalized spacial score (nSPS) is 10.6. The standard InChI is InChI=1S/C19H29ClO2/c1-2-3-4-5-6-7-8-9-10-11-16-22-19(21)17-12-14-18(20)15-13-17/h12-15H,2-11,16H2,1H3. The topological polar surface area (TPSA) is 26.3 Å². The summed E-state index contributed by atoms with van der Waals surface area (Å²) in [4.78, 5) is 11.8. The quantitative estimate of drug-likeness (QED) is 0.327. The summed E-state index contributed by atoms with van der Waals surface area (Å²) in [6.45, 7) is 2.76. The minimum atomic E-state index is -0.257. The average Bonchev–Trinajstić information content (AvgIpc) is 2.53. The predicted molar refractivity (Wildman–Crippen MR) is 93.6 cm³/mol. The Morgan fingerprint density at radius 1 is 0.864 bits per heavy atom. The summed E-state index contributed by atoms with van der Waals surface area (Å²) < 4.78 is 5.26. The number of carbonyl (C=O) groups excluding carboxylic acids is 1. The van der Waals surface area contributed by atoms with Gasteiger partial charge in [-0.3, -0.25) is 0 Å². The summed E-state index contributed by atoms with van der Waals surface area (Å²) in [6.07, 6.45) is 12.8. The summed E-state index contributed by atoms with van der Waals surface area (Å²) in [5.41, 5.74) is 0.566. The van der Waals surface area contributed by atoms with Gasteiger partial charge in [-0.05, 0) is 30.7 Å². The molecule has 0 bridgehead atoms. The van der Waals surface area contributed by atoms with Gasteiger partial charge < -0.3 is 4.74 Å². The highest BCUT2D eigenvalue weighted by Gasteiger charge is 2.05. The van der Waals surface area contributed by atoms with Crippen molar-refractivity contribution < 1.29 is 9.53 Å². The zero-order valence-corrected chi connectivity index (χ0v) is 14.5. The highest BCUT2D eigenvalue weighted by molar-refractivity contribution is 6.30. The molecule has 0 aliphatic rings. The summed E-state index contributed by atoms with van der Waals surface area (Å²) in [5.74, 6) is -0.257. The molecule has 0 atom stereocenters. The van der Waals surface area contributed by atoms with Crippen LogP contribution in [-0.2, 0) is 4.74 Å². The van der Waals surface area contributed by atoms with Crippen molar-refractivity contribution in [2.75, 3.05) is 6.61 Å². The minimum Gasteiger partial charge on any atom is -0.462 e. The van der Waals surface area contributed by atoms with Crippen LogP contribution in [0.15, 0.2) is 24.3 Å². The fourth-order valence-electron chi connectivity index (χ4n) is 2.42. The van der Waals surface area contributed by atoms with E-state index in [1.807, 2.05) is 0 Å². The molecule has 1 aromatic rings. The van der Waals surface area contributed by atoms with Crippen LogP contribution in [0, 0.1) is 0 Å². The van der Waals surface area contributed by atoms with Crippen molar-refractivity contribution in [1.29, 1.82) is 0 Å². The zero-order chi connectivity index (χ0) is 16.0. The first kappa shape index (κ1) is 19.0. The average molecular weight is 325 g/mol. The second kappa shape index (κ2) is 12.5. The maximum atomic E-state index is 11.8. The number of hydrogen-bond acceptors (Lipinski definition) is 2. The highest BCUT2D eigenvalue weighted by Crippen LogP contribution is 2.12. The third-order valence-electron chi connectivity index (χ3n) is 3.81. The number of hydrogen-bond donors (Lipinski definition) is 0. The molecule has 0 aliphatic heterocycles. The molecule has 0 amide bonds. The monoisotopic (exact) mass is 324 g/mol. The lowest BCUT2D eigenvalue weighted by atomic mass is 10.1. The van der Waals surface area contributed by atoms with Crippen LogP contribution < -0.4 is 0 Å². The molecule has 0 aromatic heterocycles. The lowest BCUT2D eigenvalue weighted by molar-refractivity contribution is 0.0497. The van der Waals surface area contributed by atoms with Crippen molar-refractivity contribution in [3.8, 4) is 0 Å². The van der Waals surface area contributed by atoms with Crippen LogP contribution in [0.2, 0.25) is 5.02 Å². The van der Waals surface area contributed by atoms with E-state index < -0.39 is 0 Å². The Hall–Kier alpha value is -1.02. The first-order valence-electron chi connectivity index (χ1n) is 8.66. The van der Waals surface area contributed by atoms with Crippen LogP contribution in [0.3, 0.4) is 0 Å². The molecule has 3 heteroatoms. The van der Waals surface area contributed by atoms with Crippen LogP contribution >= 0.6 is 11.6 Å². The maximum Gasteiger partial charge on any atom is 0.338 e. The summed E-state index contributed by atoms with van der Waals surface area (Å²) in [7, 11) is 0. The van der Waals surface area contributed by atoms with Gasteiger partial charge in [0.05, 0.1) is 12.2 Å². The van der Waals surface area contributed by atoms with Crippen molar-refractivity contribution in [2.24, 2.45) is 0 Å². The van der Waals surface area contributed by atoms with Crippen molar-refractivity contribution in [3.63, 3.8) is 0 Å². The van der Waals surface area contributed by atoms with Gasteiger partial charge in [0.25, 0.3) is 0 Å². The largest absolute Gasteiger partial charge is 0.462 e. The SMILES string of the molecule is CCCCCCCCCCCCOC(=O)c1ccc(Cl)cc1. The van der Waals surface area contributed by atoms with E-state index in [1.165, 1.54) is 51.4 Å². The number of ether oxygens (including phenoxy) is 1. The Labute approximate surface area is 140 Å². The molecule has 124 valence electrons. The van der Waals surface area contributed by atoms with Gasteiger partial charge in [-0.25, -0.2) is 4.79 Å². The third kappa shape index (κ3) is 9.09. The molecule has 0 saturated heterocycles. The molecule has 0 fully saturated rings. The molecule has 0 spiro atoms. The second-order valence-corrected chi connectivity index (χ2v) is 6.26. The van der Waals surface area contributed by atoms with E-state index in [0.717, 1.165) is 12.8 Å². The Morgan fingerprint density at radius 3 is 1.91 bits per heavy atom. The number of rotatable bonds is 12. The predicted octanol–water partition coefficient (Wildman–Crippen LogP) is 6.42. The minimum absolute atomic E-state index is 0.257. The molecular weight excluding hydrogens is 296 g/mol. The van der Waals surface area contributed by atoms with Crippen LogP contribution in [-0.4, -0.2) is 12.6 Å². The Bertz CT molecular complexity index is 400. The van der Waals surface area contributed by atoms with Gasteiger partial charge in [-0.2, -0.15) is 0 Å². The molecular formula is C19H29ClO2. The first-order valence-corrected chi connectivity index (χ1v) is 9.04. The molecule has 0 unspecified atom stereocenters. The van der Waals surface area contributed by atoms with Gasteiger partial charge in [0.1, 0.15) is 0 Å². The fraction of sp³-hybridized carbons (Fsp3) is 0.632. The Kier molecular flexibility index (Phi) is 10.8. The van der Waals surface area contributed by atoms with Crippen molar-refractivity contribution in [3.05, 3.63) is 34.9 Å². The molecule has 0 saturated carbocycles. The van der Waals surface area contributed by atoms with Crippen molar-refractivity contribution >= 4 is 17.6 Å². The van der Waals surface area contributed by atoms with Crippen LogP contribution in [0.5, 0.6) is 0 Å². The third-order valence-corrected chi connectivity index (χ3v) is 4.06. The molecule has 0 aliphatic carbocycles. The van der Waals surface area contributed by atoms with Crippen LogP contribution in [0.1, 0.15) is 81.5 Å². The number of unbranched alkanes of at least 4 members (excludes halogenated alkanes) is 9. The van der Waals surface area contributed by atoms with E-state index in [1.54, 1.807) is 24.3 Å². The maximum absolute atomic E-state index is 11.8. The molecule has 0 radical (unpaired) electrons. The van der Waals surface area contributed by atoms with Gasteiger partial charge in [-0.1, -0.05) is 76.3 Å². The first-order chi connectivity index (χ1) is 10.7. The Morgan fingerprint density at radius 2 is 1.36 bits per heavy atom. The number of halogens is 1. The molecule has 0 N–H and O–H groups in total. The molecule has 2 nitrogen and oxygen atoms in total. The summed E-state index contributed by atoms with van der Waals surface area (Å²) in [6, 6.07) is 6.81. The highest BCUT2D eigenvalue weighted by atomic mass is 35.5. The number of esters is 1. The van der Waals surface area contributed by atoms with E-state index in [-0.39, 0.29) is 5.97 Å². The van der Waals surface area contributed by atoms with E-state index in [4.69, 9.17) is 16.3 Å². The van der Waals surface area contributed by atoms with E-state index >= 15 is 0 Å². The van der Waals surface area contributed by atoms with Gasteiger partial charge in [0.15, 0.2) is 0 Å². The van der Waals surface area contributed by atoms with Gasteiger partial charge in [0, 0.05) is 5.02 Å². The molecule has 22 heavy (non-hydrogen) atoms. The van der Waals surface area contributed by atoms with Crippen LogP contribution in [0.4, 0.5) is 0 Å². The zero-order valence-electron chi connectivity index (χ0n) is 13.8. The lowest BCUT2D eigenvalue weighted by Gasteiger charge is -2.05. The summed E-state index contributed by atoms with van der Waals surface area (Å²) in [5, 5.41) is 0.631. The van der Waals surface area contributed by atoms with Crippen molar-refractivity contribution in [2.45, 2.75) is 71.1 Å². The van der Waals surface area contributed by atoms with Gasteiger partial charge in [-0.15, -0.1) is 0 Å². The fourth-order valence-corrected chi connectivity index (χ4v) is 2.55. The number of carbonyl (C=O) groups is 1. The smallest absolute Gasteiger partial charge is 0.338 e. The molecule has 1 rings (SSSR count). The van der Waals surface area contributed by atoms with Gasteiger partial charge >= 0.3 is 5.97 Å².